The summed E-state index contributed by atoms with van der Waals surface area (Å²) in [5, 5.41) is 7.50. The number of thioether (sulfide) groups is 1. The molecule has 0 unspecified atom stereocenters. The minimum atomic E-state index is -0.0278. The molecule has 1 N–H and O–H groups in total. The van der Waals surface area contributed by atoms with Gasteiger partial charge in [0, 0.05) is 33.7 Å². The van der Waals surface area contributed by atoms with Crippen LogP contribution in [-0.2, 0) is 5.75 Å². The van der Waals surface area contributed by atoms with Crippen LogP contribution in [0.15, 0.2) is 77.3 Å². The van der Waals surface area contributed by atoms with Crippen LogP contribution in [0.1, 0.15) is 15.9 Å². The molecule has 0 atom stereocenters. The summed E-state index contributed by atoms with van der Waals surface area (Å²) in [6.07, 6.45) is 0. The largest absolute Gasteiger partial charge is 0.496 e. The Labute approximate surface area is 188 Å². The Balaban J connectivity index is 1.38. The lowest BCUT2D eigenvalue weighted by Gasteiger charge is -2.13. The third-order valence-corrected chi connectivity index (χ3v) is 6.56. The standard InChI is InChI=1S/C25H22BrNO2S/c1-29-24-12-9-18-15-19(26)10-11-21(18)23(24)16-30-14-13-27-25(28)22-8-4-6-17-5-2-3-7-20(17)22/h2-12,15H,13-14,16H2,1H3,(H,27,28). The first-order valence-corrected chi connectivity index (χ1v) is 11.7. The molecule has 1 amide bonds. The number of carbonyl (C=O) groups is 1. The summed E-state index contributed by atoms with van der Waals surface area (Å²) in [7, 11) is 1.71. The van der Waals surface area contributed by atoms with Crippen LogP contribution >= 0.6 is 27.7 Å². The van der Waals surface area contributed by atoms with Crippen LogP contribution < -0.4 is 10.1 Å². The van der Waals surface area contributed by atoms with E-state index in [2.05, 4.69) is 45.5 Å². The van der Waals surface area contributed by atoms with Gasteiger partial charge >= 0.3 is 0 Å². The molecule has 4 aromatic rings. The van der Waals surface area contributed by atoms with Crippen LogP contribution in [0, 0.1) is 0 Å². The Morgan fingerprint density at radius 2 is 1.80 bits per heavy atom. The fraction of sp³-hybridized carbons (Fsp3) is 0.160. The first-order valence-electron chi connectivity index (χ1n) is 9.76. The third-order valence-electron chi connectivity index (χ3n) is 5.08. The molecule has 0 fully saturated rings. The number of hydrogen-bond donors (Lipinski definition) is 1. The maximum absolute atomic E-state index is 12.7. The molecule has 3 nitrogen and oxygen atoms in total. The van der Waals surface area contributed by atoms with Gasteiger partial charge in [0.15, 0.2) is 0 Å². The van der Waals surface area contributed by atoms with E-state index in [1.54, 1.807) is 18.9 Å². The number of methoxy groups -OCH3 is 1. The van der Waals surface area contributed by atoms with E-state index in [1.807, 2.05) is 48.5 Å². The highest BCUT2D eigenvalue weighted by atomic mass is 79.9. The normalized spacial score (nSPS) is 11.0. The molecule has 4 aromatic carbocycles. The van der Waals surface area contributed by atoms with Gasteiger partial charge in [-0.15, -0.1) is 0 Å². The van der Waals surface area contributed by atoms with Gasteiger partial charge in [-0.25, -0.2) is 0 Å². The third kappa shape index (κ3) is 4.47. The maximum atomic E-state index is 12.7. The quantitative estimate of drug-likeness (QED) is 0.310. The van der Waals surface area contributed by atoms with Gasteiger partial charge in [-0.2, -0.15) is 11.8 Å². The van der Waals surface area contributed by atoms with Gasteiger partial charge in [0.1, 0.15) is 5.75 Å². The highest BCUT2D eigenvalue weighted by Crippen LogP contribution is 2.32. The molecule has 0 radical (unpaired) electrons. The predicted octanol–water partition coefficient (Wildman–Crippen LogP) is 6.43. The van der Waals surface area contributed by atoms with E-state index in [1.165, 1.54) is 16.3 Å². The highest BCUT2D eigenvalue weighted by molar-refractivity contribution is 9.10. The molecule has 30 heavy (non-hydrogen) atoms. The number of hydrogen-bond acceptors (Lipinski definition) is 3. The fourth-order valence-corrected chi connectivity index (χ4v) is 4.89. The zero-order chi connectivity index (χ0) is 20.9. The number of benzene rings is 4. The number of ether oxygens (including phenoxy) is 1. The molecule has 0 aliphatic carbocycles. The van der Waals surface area contributed by atoms with Gasteiger partial charge in [0.2, 0.25) is 0 Å². The van der Waals surface area contributed by atoms with Crippen molar-refractivity contribution < 1.29 is 9.53 Å². The van der Waals surface area contributed by atoms with Crippen molar-refractivity contribution in [2.24, 2.45) is 0 Å². The van der Waals surface area contributed by atoms with Crippen LogP contribution in [0.4, 0.5) is 0 Å². The van der Waals surface area contributed by atoms with E-state index in [9.17, 15) is 4.79 Å². The molecule has 152 valence electrons. The van der Waals surface area contributed by atoms with Gasteiger partial charge in [-0.3, -0.25) is 4.79 Å². The summed E-state index contributed by atoms with van der Waals surface area (Å²) in [4.78, 5) is 12.7. The lowest BCUT2D eigenvalue weighted by molar-refractivity contribution is 0.0958. The van der Waals surface area contributed by atoms with Crippen LogP contribution in [0.2, 0.25) is 0 Å². The topological polar surface area (TPSA) is 38.3 Å². The summed E-state index contributed by atoms with van der Waals surface area (Å²) in [6.45, 7) is 0.616. The second-order valence-electron chi connectivity index (χ2n) is 6.95. The average molecular weight is 480 g/mol. The number of halogens is 1. The zero-order valence-corrected chi connectivity index (χ0v) is 19.1. The van der Waals surface area contributed by atoms with E-state index < -0.39 is 0 Å². The first-order chi connectivity index (χ1) is 14.7. The molecule has 0 aliphatic rings. The molecular weight excluding hydrogens is 458 g/mol. The highest BCUT2D eigenvalue weighted by Gasteiger charge is 2.11. The number of amides is 1. The molecule has 0 saturated heterocycles. The second kappa shape index (κ2) is 9.54. The van der Waals surface area contributed by atoms with Crippen LogP contribution in [-0.4, -0.2) is 25.3 Å². The minimum Gasteiger partial charge on any atom is -0.496 e. The van der Waals surface area contributed by atoms with E-state index in [4.69, 9.17) is 4.74 Å². The van der Waals surface area contributed by atoms with Crippen molar-refractivity contribution in [1.82, 2.24) is 5.32 Å². The van der Waals surface area contributed by atoms with E-state index in [0.717, 1.165) is 38.1 Å². The molecule has 0 aromatic heterocycles. The molecule has 0 aliphatic heterocycles. The Morgan fingerprint density at radius 3 is 2.67 bits per heavy atom. The Bertz CT molecular complexity index is 1200. The van der Waals surface area contributed by atoms with Crippen molar-refractivity contribution >= 4 is 55.1 Å². The van der Waals surface area contributed by atoms with Gasteiger partial charge in [-0.1, -0.05) is 64.5 Å². The second-order valence-corrected chi connectivity index (χ2v) is 8.97. The predicted molar refractivity (Wildman–Crippen MR) is 131 cm³/mol. The number of nitrogens with one attached hydrogen (secondary N) is 1. The number of carbonyl (C=O) groups excluding carboxylic acids is 1. The SMILES string of the molecule is COc1ccc2cc(Br)ccc2c1CSCCNC(=O)c1cccc2ccccc12. The first kappa shape index (κ1) is 20.8. The maximum Gasteiger partial charge on any atom is 0.251 e. The van der Waals surface area contributed by atoms with Gasteiger partial charge in [0.25, 0.3) is 5.91 Å². The Morgan fingerprint density at radius 1 is 0.967 bits per heavy atom. The molecule has 5 heteroatoms. The van der Waals surface area contributed by atoms with Crippen molar-refractivity contribution in [3.05, 3.63) is 88.4 Å². The number of rotatable bonds is 7. The summed E-state index contributed by atoms with van der Waals surface area (Å²) in [6, 6.07) is 24.2. The molecular formula is C25H22BrNO2S. The minimum absolute atomic E-state index is 0.0278. The van der Waals surface area contributed by atoms with E-state index in [0.29, 0.717) is 6.54 Å². The van der Waals surface area contributed by atoms with Crippen molar-refractivity contribution in [2.75, 3.05) is 19.4 Å². The Hall–Kier alpha value is -2.50. The lowest BCUT2D eigenvalue weighted by Crippen LogP contribution is -2.25. The van der Waals surface area contributed by atoms with Gasteiger partial charge in [-0.05, 0) is 45.8 Å². The van der Waals surface area contributed by atoms with Crippen molar-refractivity contribution in [2.45, 2.75) is 5.75 Å². The molecule has 0 saturated carbocycles. The van der Waals surface area contributed by atoms with Crippen molar-refractivity contribution in [3.63, 3.8) is 0 Å². The molecule has 0 bridgehead atoms. The summed E-state index contributed by atoms with van der Waals surface area (Å²) >= 11 is 5.33. The van der Waals surface area contributed by atoms with Gasteiger partial charge in [0.05, 0.1) is 7.11 Å². The van der Waals surface area contributed by atoms with E-state index in [-0.39, 0.29) is 5.91 Å². The van der Waals surface area contributed by atoms with E-state index >= 15 is 0 Å². The Kier molecular flexibility index (Phi) is 6.60. The number of fused-ring (bicyclic) bond motifs is 2. The average Bonchev–Trinajstić information content (AvgIpc) is 2.78. The summed E-state index contributed by atoms with van der Waals surface area (Å²) in [5.41, 5.74) is 1.91. The molecule has 4 rings (SSSR count). The lowest BCUT2D eigenvalue weighted by atomic mass is 10.0. The molecule has 0 spiro atoms. The summed E-state index contributed by atoms with van der Waals surface area (Å²) in [5.74, 6) is 2.52. The summed E-state index contributed by atoms with van der Waals surface area (Å²) < 4.78 is 6.65. The monoisotopic (exact) mass is 479 g/mol. The van der Waals surface area contributed by atoms with Crippen molar-refractivity contribution in [3.8, 4) is 5.75 Å². The fourth-order valence-electron chi connectivity index (χ4n) is 3.61. The van der Waals surface area contributed by atoms with Gasteiger partial charge < -0.3 is 10.1 Å². The van der Waals surface area contributed by atoms with Crippen LogP contribution in [0.25, 0.3) is 21.5 Å². The molecule has 0 heterocycles. The smallest absolute Gasteiger partial charge is 0.251 e. The van der Waals surface area contributed by atoms with Crippen LogP contribution in [0.3, 0.4) is 0 Å². The van der Waals surface area contributed by atoms with Crippen LogP contribution in [0.5, 0.6) is 5.75 Å². The van der Waals surface area contributed by atoms with Crippen molar-refractivity contribution in [1.29, 1.82) is 0 Å². The zero-order valence-electron chi connectivity index (χ0n) is 16.7.